The molecule has 3 unspecified atom stereocenters. The van der Waals surface area contributed by atoms with Crippen molar-refractivity contribution in [3.63, 3.8) is 0 Å². The number of halogens is 2. The van der Waals surface area contributed by atoms with Crippen LogP contribution in [0.15, 0.2) is 23.0 Å². The lowest BCUT2D eigenvalue weighted by atomic mass is 9.91. The van der Waals surface area contributed by atoms with Gasteiger partial charge in [-0.3, -0.25) is 19.4 Å². The summed E-state index contributed by atoms with van der Waals surface area (Å²) in [5.74, 6) is -0.459. The Labute approximate surface area is 189 Å². The zero-order chi connectivity index (χ0) is 22.3. The standard InChI is InChI=1S/C21H23Cl2N5O3/c1-10-5-11(2)9-28(8-10)21-26-18-17(20(31)27-21)13(7-16(29)25-18)19(30)24-15-6-12(22)3-4-14(15)23/h3-4,6,10-11,13H,5,7-9H2,1-2H3,(H,24,30)(H2,25,26,27,29,31). The van der Waals surface area contributed by atoms with E-state index in [0.29, 0.717) is 33.5 Å². The van der Waals surface area contributed by atoms with Crippen LogP contribution in [0.25, 0.3) is 0 Å². The lowest BCUT2D eigenvalue weighted by Crippen LogP contribution is -2.42. The molecule has 0 bridgehead atoms. The Morgan fingerprint density at radius 3 is 2.61 bits per heavy atom. The number of hydrogen-bond acceptors (Lipinski definition) is 5. The van der Waals surface area contributed by atoms with Gasteiger partial charge < -0.3 is 15.5 Å². The molecule has 8 nitrogen and oxygen atoms in total. The summed E-state index contributed by atoms with van der Waals surface area (Å²) in [7, 11) is 0. The van der Waals surface area contributed by atoms with E-state index in [-0.39, 0.29) is 23.7 Å². The maximum Gasteiger partial charge on any atom is 0.258 e. The fraction of sp³-hybridized carbons (Fsp3) is 0.429. The first kappa shape index (κ1) is 21.6. The Balaban J connectivity index is 1.66. The number of carbonyl (C=O) groups is 2. The third kappa shape index (κ3) is 4.55. The van der Waals surface area contributed by atoms with Crippen LogP contribution in [0.4, 0.5) is 17.5 Å². The summed E-state index contributed by atoms with van der Waals surface area (Å²) in [5.41, 5.74) is 0.00401. The molecule has 3 atom stereocenters. The molecule has 1 aromatic heterocycles. The highest BCUT2D eigenvalue weighted by atomic mass is 35.5. The number of aromatic nitrogens is 2. The molecule has 2 aliphatic rings. The molecule has 0 aliphatic carbocycles. The number of anilines is 3. The van der Waals surface area contributed by atoms with E-state index in [4.69, 9.17) is 23.2 Å². The van der Waals surface area contributed by atoms with Crippen molar-refractivity contribution in [1.82, 2.24) is 9.97 Å². The van der Waals surface area contributed by atoms with Crippen molar-refractivity contribution in [2.24, 2.45) is 11.8 Å². The largest absolute Gasteiger partial charge is 0.342 e. The van der Waals surface area contributed by atoms with Crippen molar-refractivity contribution in [2.75, 3.05) is 28.6 Å². The molecule has 10 heteroatoms. The van der Waals surface area contributed by atoms with Gasteiger partial charge in [-0.15, -0.1) is 0 Å². The van der Waals surface area contributed by atoms with Gasteiger partial charge in [-0.1, -0.05) is 37.0 Å². The van der Waals surface area contributed by atoms with Gasteiger partial charge >= 0.3 is 0 Å². The third-order valence-corrected chi connectivity index (χ3v) is 6.17. The van der Waals surface area contributed by atoms with Crippen molar-refractivity contribution >= 4 is 52.5 Å². The highest BCUT2D eigenvalue weighted by Gasteiger charge is 2.36. The number of hydrogen-bond donors (Lipinski definition) is 3. The van der Waals surface area contributed by atoms with Crippen molar-refractivity contribution in [3.8, 4) is 0 Å². The van der Waals surface area contributed by atoms with Crippen molar-refractivity contribution in [1.29, 1.82) is 0 Å². The smallest absolute Gasteiger partial charge is 0.258 e. The van der Waals surface area contributed by atoms with E-state index in [1.54, 1.807) is 12.1 Å². The van der Waals surface area contributed by atoms with Crippen LogP contribution in [0.2, 0.25) is 10.0 Å². The molecule has 31 heavy (non-hydrogen) atoms. The van der Waals surface area contributed by atoms with Crippen LogP contribution in [0.1, 0.15) is 38.2 Å². The Hall–Kier alpha value is -2.58. The van der Waals surface area contributed by atoms with Crippen molar-refractivity contribution in [3.05, 3.63) is 44.2 Å². The van der Waals surface area contributed by atoms with E-state index < -0.39 is 17.4 Å². The van der Waals surface area contributed by atoms with Crippen LogP contribution in [-0.4, -0.2) is 34.9 Å². The van der Waals surface area contributed by atoms with Gasteiger partial charge in [0.1, 0.15) is 5.82 Å². The average Bonchev–Trinajstić information content (AvgIpc) is 2.69. The first-order chi connectivity index (χ1) is 14.7. The predicted octanol–water partition coefficient (Wildman–Crippen LogP) is 3.62. The Morgan fingerprint density at radius 2 is 1.90 bits per heavy atom. The first-order valence-corrected chi connectivity index (χ1v) is 10.9. The van der Waals surface area contributed by atoms with Crippen LogP contribution < -0.4 is 21.1 Å². The fourth-order valence-corrected chi connectivity index (χ4v) is 4.72. The minimum Gasteiger partial charge on any atom is -0.342 e. The maximum absolute atomic E-state index is 13.0. The van der Waals surface area contributed by atoms with Gasteiger partial charge in [-0.25, -0.2) is 0 Å². The monoisotopic (exact) mass is 463 g/mol. The summed E-state index contributed by atoms with van der Waals surface area (Å²) in [5, 5.41) is 6.02. The highest BCUT2D eigenvalue weighted by molar-refractivity contribution is 6.35. The number of amides is 2. The first-order valence-electron chi connectivity index (χ1n) is 10.2. The van der Waals surface area contributed by atoms with E-state index >= 15 is 0 Å². The molecule has 3 N–H and O–H groups in total. The molecule has 0 spiro atoms. The molecule has 4 rings (SSSR count). The molecule has 1 saturated heterocycles. The second-order valence-corrected chi connectivity index (χ2v) is 9.26. The molecule has 3 heterocycles. The summed E-state index contributed by atoms with van der Waals surface area (Å²) in [6, 6.07) is 4.67. The summed E-state index contributed by atoms with van der Waals surface area (Å²) in [4.78, 5) is 47.6. The van der Waals surface area contributed by atoms with Gasteiger partial charge in [0.15, 0.2) is 0 Å². The Kier molecular flexibility index (Phi) is 5.94. The molecular formula is C21H23Cl2N5O3. The van der Waals surface area contributed by atoms with Gasteiger partial charge in [0, 0.05) is 24.5 Å². The lowest BCUT2D eigenvalue weighted by molar-refractivity contribution is -0.123. The minimum absolute atomic E-state index is 0.123. The van der Waals surface area contributed by atoms with Crippen LogP contribution >= 0.6 is 23.2 Å². The third-order valence-electron chi connectivity index (χ3n) is 5.61. The van der Waals surface area contributed by atoms with Gasteiger partial charge in [-0.05, 0) is 36.5 Å². The predicted molar refractivity (Wildman–Crippen MR) is 121 cm³/mol. The number of carbonyl (C=O) groups excluding carboxylic acids is 2. The summed E-state index contributed by atoms with van der Waals surface area (Å²) >= 11 is 12.1. The number of aromatic amines is 1. The molecule has 0 saturated carbocycles. The number of fused-ring (bicyclic) bond motifs is 1. The lowest BCUT2D eigenvalue weighted by Gasteiger charge is -2.35. The molecule has 0 radical (unpaired) electrons. The molecular weight excluding hydrogens is 441 g/mol. The minimum atomic E-state index is -0.997. The van der Waals surface area contributed by atoms with Gasteiger partial charge in [0.25, 0.3) is 5.56 Å². The van der Waals surface area contributed by atoms with Crippen molar-refractivity contribution in [2.45, 2.75) is 32.6 Å². The molecule has 2 aromatic rings. The molecule has 1 fully saturated rings. The topological polar surface area (TPSA) is 107 Å². The number of nitrogens with zero attached hydrogens (tertiary/aromatic N) is 2. The second-order valence-electron chi connectivity index (χ2n) is 8.42. The summed E-state index contributed by atoms with van der Waals surface area (Å²) in [6.45, 7) is 5.83. The quantitative estimate of drug-likeness (QED) is 0.643. The van der Waals surface area contributed by atoms with Crippen LogP contribution in [0, 0.1) is 11.8 Å². The zero-order valence-electron chi connectivity index (χ0n) is 17.2. The molecule has 1 aromatic carbocycles. The number of rotatable bonds is 3. The number of benzene rings is 1. The number of nitrogens with one attached hydrogen (secondary N) is 3. The summed E-state index contributed by atoms with van der Waals surface area (Å²) < 4.78 is 0. The molecule has 164 valence electrons. The fourth-order valence-electron chi connectivity index (χ4n) is 4.38. The van der Waals surface area contributed by atoms with E-state index in [1.807, 2.05) is 4.90 Å². The number of H-pyrrole nitrogens is 1. The van der Waals surface area contributed by atoms with Gasteiger partial charge in [0.05, 0.1) is 22.2 Å². The normalized spacial score (nSPS) is 23.2. The van der Waals surface area contributed by atoms with E-state index in [9.17, 15) is 14.4 Å². The molecule has 2 amide bonds. The van der Waals surface area contributed by atoms with E-state index in [2.05, 4.69) is 34.4 Å². The Morgan fingerprint density at radius 1 is 1.19 bits per heavy atom. The van der Waals surface area contributed by atoms with Crippen LogP contribution in [-0.2, 0) is 9.59 Å². The zero-order valence-corrected chi connectivity index (χ0v) is 18.7. The van der Waals surface area contributed by atoms with Crippen LogP contribution in [0.5, 0.6) is 0 Å². The van der Waals surface area contributed by atoms with Crippen LogP contribution in [0.3, 0.4) is 0 Å². The average molecular weight is 464 g/mol. The van der Waals surface area contributed by atoms with Gasteiger partial charge in [0.2, 0.25) is 17.8 Å². The van der Waals surface area contributed by atoms with Gasteiger partial charge in [-0.2, -0.15) is 4.98 Å². The van der Waals surface area contributed by atoms with Crippen molar-refractivity contribution < 1.29 is 9.59 Å². The number of piperidine rings is 1. The van der Waals surface area contributed by atoms with E-state index in [1.165, 1.54) is 6.07 Å². The maximum atomic E-state index is 13.0. The summed E-state index contributed by atoms with van der Waals surface area (Å²) in [6.07, 6.45) is 0.940. The SMILES string of the molecule is CC1CC(C)CN(c2nc3c(c(=O)[nH]2)C(C(=O)Nc2cc(Cl)ccc2Cl)CC(=O)N3)C1. The Bertz CT molecular complexity index is 1090. The van der Waals surface area contributed by atoms with E-state index in [0.717, 1.165) is 19.5 Å². The highest BCUT2D eigenvalue weighted by Crippen LogP contribution is 2.33. The second kappa shape index (κ2) is 8.51. The molecule has 2 aliphatic heterocycles.